The normalized spacial score (nSPS) is 9.92. The minimum Gasteiger partial charge on any atom is -0.490 e. The molecule has 0 atom stereocenters. The van der Waals surface area contributed by atoms with E-state index >= 15 is 0 Å². The van der Waals surface area contributed by atoms with Crippen molar-refractivity contribution < 1.29 is 9.47 Å². The maximum atomic E-state index is 5.32. The van der Waals surface area contributed by atoms with Gasteiger partial charge in [0.2, 0.25) is 0 Å². The average Bonchev–Trinajstić information content (AvgIpc) is 2.19. The number of ether oxygens (including phenoxy) is 2. The van der Waals surface area contributed by atoms with Gasteiger partial charge in [0, 0.05) is 12.7 Å². The first-order valence-corrected chi connectivity index (χ1v) is 4.24. The molecule has 0 radical (unpaired) electrons. The van der Waals surface area contributed by atoms with Crippen LogP contribution in [0.3, 0.4) is 0 Å². The maximum Gasteiger partial charge on any atom is 0.137 e. The topological polar surface area (TPSA) is 57.4 Å². The van der Waals surface area contributed by atoms with Gasteiger partial charge >= 0.3 is 0 Å². The number of nitrogens with zero attached hydrogens (tertiary/aromatic N) is 1. The van der Waals surface area contributed by atoms with Gasteiger partial charge in [0.05, 0.1) is 19.4 Å². The number of hydrogen-bond donors (Lipinski definition) is 1. The van der Waals surface area contributed by atoms with Crippen LogP contribution in [0.4, 0.5) is 0 Å². The molecule has 0 aliphatic rings. The van der Waals surface area contributed by atoms with Crippen LogP contribution in [-0.2, 0) is 4.74 Å². The van der Waals surface area contributed by atoms with Gasteiger partial charge < -0.3 is 15.2 Å². The second-order valence-corrected chi connectivity index (χ2v) is 2.44. The number of hydrogen-bond acceptors (Lipinski definition) is 4. The molecule has 0 saturated carbocycles. The first-order valence-electron chi connectivity index (χ1n) is 4.24. The third-order valence-corrected chi connectivity index (χ3v) is 1.39. The molecule has 4 nitrogen and oxygen atoms in total. The van der Waals surface area contributed by atoms with E-state index in [1.165, 1.54) is 0 Å². The van der Waals surface area contributed by atoms with Crippen molar-refractivity contribution in [2.45, 2.75) is 0 Å². The number of aromatic nitrogens is 1. The fourth-order valence-electron chi connectivity index (χ4n) is 0.836. The van der Waals surface area contributed by atoms with Gasteiger partial charge in [-0.1, -0.05) is 0 Å². The van der Waals surface area contributed by atoms with Crippen molar-refractivity contribution in [3.05, 3.63) is 24.5 Å². The minimum absolute atomic E-state index is 0.533. The lowest BCUT2D eigenvalue weighted by Crippen LogP contribution is -2.13. The molecule has 0 aromatic carbocycles. The van der Waals surface area contributed by atoms with Crippen LogP contribution in [0.5, 0.6) is 5.75 Å². The van der Waals surface area contributed by atoms with Crippen molar-refractivity contribution in [2.75, 3.05) is 26.4 Å². The van der Waals surface area contributed by atoms with Gasteiger partial charge in [0.25, 0.3) is 0 Å². The Morgan fingerprint density at radius 1 is 1.31 bits per heavy atom. The van der Waals surface area contributed by atoms with Gasteiger partial charge in [0.1, 0.15) is 12.4 Å². The summed E-state index contributed by atoms with van der Waals surface area (Å²) < 4.78 is 10.5. The Labute approximate surface area is 77.7 Å². The summed E-state index contributed by atoms with van der Waals surface area (Å²) in [7, 11) is 0. The predicted molar refractivity (Wildman–Crippen MR) is 49.6 cm³/mol. The number of rotatable bonds is 6. The van der Waals surface area contributed by atoms with E-state index in [9.17, 15) is 0 Å². The third-order valence-electron chi connectivity index (χ3n) is 1.39. The Morgan fingerprint density at radius 3 is 2.92 bits per heavy atom. The highest BCUT2D eigenvalue weighted by atomic mass is 16.5. The molecule has 1 rings (SSSR count). The molecule has 1 heterocycles. The second kappa shape index (κ2) is 6.39. The van der Waals surface area contributed by atoms with Crippen molar-refractivity contribution in [1.29, 1.82) is 0 Å². The Morgan fingerprint density at radius 2 is 2.23 bits per heavy atom. The molecule has 0 aliphatic heterocycles. The Kier molecular flexibility index (Phi) is 4.90. The fraction of sp³-hybridized carbons (Fsp3) is 0.444. The van der Waals surface area contributed by atoms with Crippen molar-refractivity contribution in [1.82, 2.24) is 4.98 Å². The number of nitrogens with two attached hydrogens (primary N) is 1. The van der Waals surface area contributed by atoms with E-state index in [0.717, 1.165) is 5.75 Å². The summed E-state index contributed by atoms with van der Waals surface area (Å²) in [6.07, 6.45) is 3.38. The van der Waals surface area contributed by atoms with E-state index in [-0.39, 0.29) is 0 Å². The van der Waals surface area contributed by atoms with Crippen molar-refractivity contribution in [3.8, 4) is 5.75 Å². The van der Waals surface area contributed by atoms with Crippen LogP contribution in [0, 0.1) is 0 Å². The summed E-state index contributed by atoms with van der Waals surface area (Å²) in [4.78, 5) is 3.91. The molecule has 0 aliphatic carbocycles. The molecule has 2 N–H and O–H groups in total. The van der Waals surface area contributed by atoms with Gasteiger partial charge in [-0.05, 0) is 12.1 Å². The highest BCUT2D eigenvalue weighted by Crippen LogP contribution is 2.05. The molecule has 4 heteroatoms. The van der Waals surface area contributed by atoms with Crippen molar-refractivity contribution in [2.24, 2.45) is 5.73 Å². The van der Waals surface area contributed by atoms with Crippen LogP contribution in [0.15, 0.2) is 24.5 Å². The van der Waals surface area contributed by atoms with E-state index < -0.39 is 0 Å². The molecule has 1 aromatic rings. The van der Waals surface area contributed by atoms with Gasteiger partial charge in [-0.2, -0.15) is 0 Å². The van der Waals surface area contributed by atoms with Gasteiger partial charge in [-0.25, -0.2) is 0 Å². The monoisotopic (exact) mass is 182 g/mol. The minimum atomic E-state index is 0.533. The van der Waals surface area contributed by atoms with Gasteiger partial charge in [-0.15, -0.1) is 0 Å². The lowest BCUT2D eigenvalue weighted by molar-refractivity contribution is 0.106. The van der Waals surface area contributed by atoms with Crippen LogP contribution < -0.4 is 10.5 Å². The van der Waals surface area contributed by atoms with Crippen LogP contribution >= 0.6 is 0 Å². The van der Waals surface area contributed by atoms with Gasteiger partial charge in [-0.3, -0.25) is 4.98 Å². The quantitative estimate of drug-likeness (QED) is 0.648. The molecule has 72 valence electrons. The number of pyridine rings is 1. The third kappa shape index (κ3) is 4.45. The smallest absolute Gasteiger partial charge is 0.137 e. The van der Waals surface area contributed by atoms with E-state index in [4.69, 9.17) is 15.2 Å². The van der Waals surface area contributed by atoms with Crippen LogP contribution in [0.1, 0.15) is 0 Å². The molecule has 13 heavy (non-hydrogen) atoms. The molecular formula is C9H14N2O2. The van der Waals surface area contributed by atoms with Crippen LogP contribution in [-0.4, -0.2) is 31.3 Å². The summed E-state index contributed by atoms with van der Waals surface area (Å²) in [5.74, 6) is 0.763. The zero-order valence-corrected chi connectivity index (χ0v) is 7.48. The van der Waals surface area contributed by atoms with Crippen molar-refractivity contribution >= 4 is 0 Å². The summed E-state index contributed by atoms with van der Waals surface area (Å²) in [5.41, 5.74) is 5.25. The summed E-state index contributed by atoms with van der Waals surface area (Å²) in [6.45, 7) is 2.22. The van der Waals surface area contributed by atoms with E-state index in [0.29, 0.717) is 26.4 Å². The SMILES string of the molecule is NCCOCCOc1cccnc1. The summed E-state index contributed by atoms with van der Waals surface area (Å²) >= 11 is 0. The zero-order valence-electron chi connectivity index (χ0n) is 7.48. The predicted octanol–water partition coefficient (Wildman–Crippen LogP) is 0.436. The highest BCUT2D eigenvalue weighted by molar-refractivity contribution is 5.15. The molecule has 0 fully saturated rings. The van der Waals surface area contributed by atoms with Crippen molar-refractivity contribution in [3.63, 3.8) is 0 Å². The fourth-order valence-corrected chi connectivity index (χ4v) is 0.836. The highest BCUT2D eigenvalue weighted by Gasteiger charge is 1.91. The second-order valence-electron chi connectivity index (χ2n) is 2.44. The Hall–Kier alpha value is -1.13. The first kappa shape index (κ1) is 9.95. The van der Waals surface area contributed by atoms with E-state index in [1.807, 2.05) is 12.1 Å². The standard InChI is InChI=1S/C9H14N2O2/c10-3-5-12-6-7-13-9-2-1-4-11-8-9/h1-2,4,8H,3,5-7,10H2. The lowest BCUT2D eigenvalue weighted by Gasteiger charge is -2.05. The molecule has 0 amide bonds. The molecule has 1 aromatic heterocycles. The van der Waals surface area contributed by atoms with Crippen LogP contribution in [0.25, 0.3) is 0 Å². The Balaban J connectivity index is 2.07. The van der Waals surface area contributed by atoms with Crippen LogP contribution in [0.2, 0.25) is 0 Å². The van der Waals surface area contributed by atoms with E-state index in [1.54, 1.807) is 12.4 Å². The lowest BCUT2D eigenvalue weighted by atomic mass is 10.5. The summed E-state index contributed by atoms with van der Waals surface area (Å²) in [6, 6.07) is 3.69. The van der Waals surface area contributed by atoms with Gasteiger partial charge in [0.15, 0.2) is 0 Å². The van der Waals surface area contributed by atoms with E-state index in [2.05, 4.69) is 4.98 Å². The molecule has 0 bridgehead atoms. The first-order chi connectivity index (χ1) is 6.43. The molecule has 0 unspecified atom stereocenters. The molecular weight excluding hydrogens is 168 g/mol. The maximum absolute atomic E-state index is 5.32. The zero-order chi connectivity index (χ0) is 9.36. The Bertz CT molecular complexity index is 216. The average molecular weight is 182 g/mol. The molecule has 0 spiro atoms. The summed E-state index contributed by atoms with van der Waals surface area (Å²) in [5, 5.41) is 0. The molecule has 0 saturated heterocycles. The largest absolute Gasteiger partial charge is 0.490 e.